The second-order valence-electron chi connectivity index (χ2n) is 7.32. The third kappa shape index (κ3) is 4.61. The van der Waals surface area contributed by atoms with Crippen LogP contribution >= 0.6 is 0 Å². The van der Waals surface area contributed by atoms with Gasteiger partial charge in [0.1, 0.15) is 5.82 Å². The van der Waals surface area contributed by atoms with Gasteiger partial charge in [0.15, 0.2) is 0 Å². The fraction of sp³-hybridized carbons (Fsp3) is 0.273. The molecule has 3 aromatic rings. The number of carbonyl (C=O) groups excluding carboxylic acids is 1. The number of benzene rings is 2. The van der Waals surface area contributed by atoms with Crippen molar-refractivity contribution in [2.75, 3.05) is 11.9 Å². The van der Waals surface area contributed by atoms with Gasteiger partial charge in [0.05, 0.1) is 30.3 Å². The lowest BCUT2D eigenvalue weighted by atomic mass is 10.0. The van der Waals surface area contributed by atoms with Crippen LogP contribution in [-0.2, 0) is 17.4 Å². The normalized spacial score (nSPS) is 12.7. The van der Waals surface area contributed by atoms with Gasteiger partial charge < -0.3 is 15.0 Å². The Balaban J connectivity index is 1.90. The lowest BCUT2D eigenvalue weighted by Gasteiger charge is -2.16. The molecule has 3 rings (SSSR count). The fourth-order valence-corrected chi connectivity index (χ4v) is 3.32. The summed E-state index contributed by atoms with van der Waals surface area (Å²) in [5.41, 5.74) is -0.586. The van der Waals surface area contributed by atoms with Gasteiger partial charge in [-0.3, -0.25) is 9.59 Å². The molecule has 0 aliphatic carbocycles. The number of amides is 1. The van der Waals surface area contributed by atoms with Crippen LogP contribution in [0.15, 0.2) is 47.4 Å². The molecule has 0 aliphatic rings. The molecule has 0 aliphatic heterocycles. The maximum absolute atomic E-state index is 13.8. The van der Waals surface area contributed by atoms with Crippen LogP contribution in [0.3, 0.4) is 0 Å². The number of hydrogen-bond acceptors (Lipinski definition) is 3. The molecular weight excluding hydrogens is 416 g/mol. The average Bonchev–Trinajstić information content (AvgIpc) is 2.69. The van der Waals surface area contributed by atoms with E-state index in [1.54, 1.807) is 32.0 Å². The predicted octanol–water partition coefficient (Wildman–Crippen LogP) is 4.20. The molecule has 164 valence electrons. The molecule has 0 saturated carbocycles. The number of anilines is 1. The minimum Gasteiger partial charge on any atom is -0.394 e. The number of aryl methyl sites for hydroxylation is 1. The van der Waals surface area contributed by atoms with Crippen molar-refractivity contribution in [3.8, 4) is 0 Å². The number of carbonyl (C=O) groups is 1. The lowest BCUT2D eigenvalue weighted by Crippen LogP contribution is -2.25. The first-order chi connectivity index (χ1) is 14.5. The van der Waals surface area contributed by atoms with Crippen LogP contribution in [0.25, 0.3) is 10.8 Å². The molecule has 0 saturated heterocycles. The van der Waals surface area contributed by atoms with Crippen molar-refractivity contribution < 1.29 is 27.5 Å². The number of fused-ring (bicyclic) bond motifs is 1. The molecule has 2 aromatic carbocycles. The Morgan fingerprint density at radius 3 is 2.48 bits per heavy atom. The first-order valence-corrected chi connectivity index (χ1v) is 9.43. The maximum Gasteiger partial charge on any atom is 0.419 e. The van der Waals surface area contributed by atoms with Crippen LogP contribution in [0.4, 0.5) is 23.2 Å². The zero-order valence-electron chi connectivity index (χ0n) is 16.8. The molecule has 0 fully saturated rings. The van der Waals surface area contributed by atoms with Crippen LogP contribution < -0.4 is 10.9 Å². The summed E-state index contributed by atoms with van der Waals surface area (Å²) in [6.45, 7) is 3.20. The van der Waals surface area contributed by atoms with Crippen molar-refractivity contribution in [2.45, 2.75) is 32.5 Å². The number of aliphatic hydroxyl groups is 1. The molecule has 0 bridgehead atoms. The number of alkyl halides is 3. The number of aliphatic hydroxyl groups excluding tert-OH is 1. The van der Waals surface area contributed by atoms with Gasteiger partial charge in [-0.15, -0.1) is 0 Å². The van der Waals surface area contributed by atoms with Crippen LogP contribution in [0, 0.1) is 12.7 Å². The van der Waals surface area contributed by atoms with Gasteiger partial charge in [0, 0.05) is 17.0 Å². The highest BCUT2D eigenvalue weighted by Crippen LogP contribution is 2.32. The predicted molar refractivity (Wildman–Crippen MR) is 108 cm³/mol. The van der Waals surface area contributed by atoms with Crippen LogP contribution in [0.5, 0.6) is 0 Å². The molecule has 1 amide bonds. The van der Waals surface area contributed by atoms with Gasteiger partial charge in [0.25, 0.3) is 5.56 Å². The zero-order chi connectivity index (χ0) is 22.9. The van der Waals surface area contributed by atoms with Crippen molar-refractivity contribution in [2.24, 2.45) is 0 Å². The van der Waals surface area contributed by atoms with Gasteiger partial charge in [-0.25, -0.2) is 4.39 Å². The highest BCUT2D eigenvalue weighted by molar-refractivity contribution is 6.03. The van der Waals surface area contributed by atoms with Crippen LogP contribution in [0.1, 0.15) is 29.7 Å². The molecule has 31 heavy (non-hydrogen) atoms. The molecule has 1 aromatic heterocycles. The molecule has 1 atom stereocenters. The van der Waals surface area contributed by atoms with E-state index in [4.69, 9.17) is 0 Å². The van der Waals surface area contributed by atoms with Crippen LogP contribution in [0.2, 0.25) is 0 Å². The molecule has 2 N–H and O–H groups in total. The Bertz CT molecular complexity index is 1200. The standard InChI is InChI=1S/C22H20F4N2O3/c1-12-3-5-16-15(7-8-28(21(16)31)13(2)11-29)20(12)27-19(30)10-14-4-6-17(18(23)9-14)22(24,25)26/h3-9,13,29H,10-11H2,1-2H3,(H,27,30)/t13-/m0/s1. The number of halogens is 4. The van der Waals surface area contributed by atoms with E-state index in [1.807, 2.05) is 0 Å². The van der Waals surface area contributed by atoms with Gasteiger partial charge >= 0.3 is 6.18 Å². The number of nitrogens with zero attached hydrogens (tertiary/aromatic N) is 1. The van der Waals surface area contributed by atoms with Gasteiger partial charge in [0.2, 0.25) is 5.91 Å². The van der Waals surface area contributed by atoms with Gasteiger partial charge in [-0.05, 0) is 49.2 Å². The fourth-order valence-electron chi connectivity index (χ4n) is 3.32. The molecule has 5 nitrogen and oxygen atoms in total. The highest BCUT2D eigenvalue weighted by Gasteiger charge is 2.34. The summed E-state index contributed by atoms with van der Waals surface area (Å²) in [7, 11) is 0. The molecule has 0 radical (unpaired) electrons. The van der Waals surface area contributed by atoms with Gasteiger partial charge in [-0.2, -0.15) is 13.2 Å². The van der Waals surface area contributed by atoms with E-state index in [2.05, 4.69) is 5.32 Å². The summed E-state index contributed by atoms with van der Waals surface area (Å²) < 4.78 is 53.2. The molecule has 1 heterocycles. The number of aromatic nitrogens is 1. The quantitative estimate of drug-likeness (QED) is 0.589. The number of rotatable bonds is 5. The Morgan fingerprint density at radius 2 is 1.87 bits per heavy atom. The third-order valence-electron chi connectivity index (χ3n) is 5.03. The van der Waals surface area contributed by atoms with Crippen molar-refractivity contribution in [1.29, 1.82) is 0 Å². The summed E-state index contributed by atoms with van der Waals surface area (Å²) >= 11 is 0. The van der Waals surface area contributed by atoms with E-state index in [0.717, 1.165) is 6.07 Å². The minimum atomic E-state index is -4.81. The Kier molecular flexibility index (Phi) is 6.17. The van der Waals surface area contributed by atoms with Crippen LogP contribution in [-0.4, -0.2) is 22.2 Å². The highest BCUT2D eigenvalue weighted by atomic mass is 19.4. The maximum atomic E-state index is 13.8. The third-order valence-corrected chi connectivity index (χ3v) is 5.03. The largest absolute Gasteiger partial charge is 0.419 e. The topological polar surface area (TPSA) is 71.3 Å². The summed E-state index contributed by atoms with van der Waals surface area (Å²) in [5, 5.41) is 12.8. The molecule has 9 heteroatoms. The summed E-state index contributed by atoms with van der Waals surface area (Å²) in [5.74, 6) is -2.01. The Hall–Kier alpha value is -3.20. The Labute approximate surface area is 174 Å². The average molecular weight is 436 g/mol. The van der Waals surface area contributed by atoms with E-state index in [9.17, 15) is 32.3 Å². The first kappa shape index (κ1) is 22.5. The first-order valence-electron chi connectivity index (χ1n) is 9.43. The SMILES string of the molecule is Cc1ccc2c(=O)n([C@@H](C)CO)ccc2c1NC(=O)Cc1ccc(C(F)(F)F)c(F)c1. The lowest BCUT2D eigenvalue weighted by molar-refractivity contribution is -0.140. The van der Waals surface area contributed by atoms with E-state index in [0.29, 0.717) is 34.2 Å². The van der Waals surface area contributed by atoms with E-state index >= 15 is 0 Å². The Morgan fingerprint density at radius 1 is 1.16 bits per heavy atom. The smallest absolute Gasteiger partial charge is 0.394 e. The van der Waals surface area contributed by atoms with E-state index in [-0.39, 0.29) is 24.2 Å². The number of nitrogens with one attached hydrogen (secondary N) is 1. The van der Waals surface area contributed by atoms with Crippen molar-refractivity contribution >= 4 is 22.4 Å². The van der Waals surface area contributed by atoms with E-state index < -0.39 is 29.5 Å². The second-order valence-corrected chi connectivity index (χ2v) is 7.32. The molecule has 0 spiro atoms. The summed E-state index contributed by atoms with van der Waals surface area (Å²) in [6, 6.07) is 6.84. The number of hydrogen-bond donors (Lipinski definition) is 2. The second kappa shape index (κ2) is 8.50. The van der Waals surface area contributed by atoms with Crippen molar-refractivity contribution in [3.63, 3.8) is 0 Å². The summed E-state index contributed by atoms with van der Waals surface area (Å²) in [6.07, 6.45) is -3.64. The van der Waals surface area contributed by atoms with Crippen molar-refractivity contribution in [3.05, 3.63) is 75.5 Å². The molecule has 0 unspecified atom stereocenters. The number of pyridine rings is 1. The van der Waals surface area contributed by atoms with E-state index in [1.165, 1.54) is 10.8 Å². The molecular formula is C22H20F4N2O3. The van der Waals surface area contributed by atoms with Gasteiger partial charge in [-0.1, -0.05) is 12.1 Å². The minimum absolute atomic E-state index is 0.0833. The summed E-state index contributed by atoms with van der Waals surface area (Å²) in [4.78, 5) is 25.2. The zero-order valence-corrected chi connectivity index (χ0v) is 16.8. The van der Waals surface area contributed by atoms with Crippen molar-refractivity contribution in [1.82, 2.24) is 4.57 Å². The monoisotopic (exact) mass is 436 g/mol.